The predicted molar refractivity (Wildman–Crippen MR) is 64.5 cm³/mol. The Morgan fingerprint density at radius 3 is 2.39 bits per heavy atom. The van der Waals surface area contributed by atoms with Crippen LogP contribution in [0.1, 0.15) is 19.4 Å². The van der Waals surface area contributed by atoms with Gasteiger partial charge in [0.15, 0.2) is 5.03 Å². The Kier molecular flexibility index (Phi) is 4.12. The number of rotatable bonds is 5. The van der Waals surface area contributed by atoms with Crippen molar-refractivity contribution in [2.45, 2.75) is 31.8 Å². The van der Waals surface area contributed by atoms with Crippen molar-refractivity contribution in [1.29, 1.82) is 0 Å². The molecular weight excluding hydrogens is 258 g/mol. The zero-order valence-corrected chi connectivity index (χ0v) is 11.5. The molecule has 0 unspecified atom stereocenters. The third-order valence-electron chi connectivity index (χ3n) is 2.53. The Morgan fingerprint density at radius 1 is 1.50 bits per heavy atom. The standard InChI is InChI=1S/C10H17N3O4S/c1-6(2)8(10(14)15)12-18(16,17)9-7(3)5-11-13(9)4/h5-6,8,12H,1-4H3,(H,14,15)/t8-/m0/s1. The molecule has 0 spiro atoms. The van der Waals surface area contributed by atoms with Crippen molar-refractivity contribution in [2.75, 3.05) is 0 Å². The highest BCUT2D eigenvalue weighted by atomic mass is 32.2. The average Bonchev–Trinajstić information content (AvgIpc) is 2.54. The van der Waals surface area contributed by atoms with Crippen LogP contribution in [0.3, 0.4) is 0 Å². The maximum absolute atomic E-state index is 12.1. The van der Waals surface area contributed by atoms with E-state index < -0.39 is 22.0 Å². The van der Waals surface area contributed by atoms with E-state index in [2.05, 4.69) is 9.82 Å². The Hall–Kier alpha value is -1.41. The molecule has 1 atom stereocenters. The lowest BCUT2D eigenvalue weighted by Crippen LogP contribution is -2.44. The van der Waals surface area contributed by atoms with Crippen LogP contribution in [-0.2, 0) is 21.9 Å². The largest absolute Gasteiger partial charge is 0.480 e. The first-order valence-corrected chi connectivity index (χ1v) is 6.89. The van der Waals surface area contributed by atoms with Crippen molar-refractivity contribution in [3.8, 4) is 0 Å². The fraction of sp³-hybridized carbons (Fsp3) is 0.600. The molecule has 0 amide bonds. The lowest BCUT2D eigenvalue weighted by atomic mass is 10.1. The first kappa shape index (κ1) is 14.7. The molecule has 0 saturated heterocycles. The number of aliphatic carboxylic acids is 1. The summed E-state index contributed by atoms with van der Waals surface area (Å²) in [5, 5.41) is 12.8. The van der Waals surface area contributed by atoms with E-state index in [0.29, 0.717) is 5.56 Å². The second-order valence-corrected chi connectivity index (χ2v) is 6.07. The highest BCUT2D eigenvalue weighted by molar-refractivity contribution is 7.89. The van der Waals surface area contributed by atoms with Crippen molar-refractivity contribution in [1.82, 2.24) is 14.5 Å². The Bertz CT molecular complexity index is 528. The minimum Gasteiger partial charge on any atom is -0.480 e. The summed E-state index contributed by atoms with van der Waals surface area (Å²) in [6, 6.07) is -1.16. The quantitative estimate of drug-likeness (QED) is 0.794. The van der Waals surface area contributed by atoms with Crippen LogP contribution in [0.15, 0.2) is 11.2 Å². The van der Waals surface area contributed by atoms with Gasteiger partial charge in [0, 0.05) is 12.6 Å². The molecule has 0 radical (unpaired) electrons. The lowest BCUT2D eigenvalue weighted by Gasteiger charge is -2.18. The maximum Gasteiger partial charge on any atom is 0.322 e. The van der Waals surface area contributed by atoms with E-state index in [1.807, 2.05) is 0 Å². The molecule has 1 heterocycles. The lowest BCUT2D eigenvalue weighted by molar-refractivity contribution is -0.140. The van der Waals surface area contributed by atoms with E-state index >= 15 is 0 Å². The van der Waals surface area contributed by atoms with Gasteiger partial charge in [-0.2, -0.15) is 9.82 Å². The smallest absolute Gasteiger partial charge is 0.322 e. The molecule has 0 aliphatic carbocycles. The van der Waals surface area contributed by atoms with Crippen LogP contribution in [0.5, 0.6) is 0 Å². The second kappa shape index (κ2) is 5.07. The summed E-state index contributed by atoms with van der Waals surface area (Å²) in [4.78, 5) is 11.0. The van der Waals surface area contributed by atoms with E-state index in [1.54, 1.807) is 20.8 Å². The Morgan fingerprint density at radius 2 is 2.06 bits per heavy atom. The molecule has 18 heavy (non-hydrogen) atoms. The number of nitrogens with zero attached hydrogens (tertiary/aromatic N) is 2. The molecule has 0 aliphatic rings. The molecule has 2 N–H and O–H groups in total. The van der Waals surface area contributed by atoms with Crippen molar-refractivity contribution in [2.24, 2.45) is 13.0 Å². The Balaban J connectivity index is 3.13. The van der Waals surface area contributed by atoms with Crippen molar-refractivity contribution in [3.05, 3.63) is 11.8 Å². The maximum atomic E-state index is 12.1. The topological polar surface area (TPSA) is 101 Å². The van der Waals surface area contributed by atoms with Gasteiger partial charge in [0.25, 0.3) is 10.0 Å². The van der Waals surface area contributed by atoms with Crippen molar-refractivity contribution >= 4 is 16.0 Å². The first-order valence-electron chi connectivity index (χ1n) is 5.40. The van der Waals surface area contributed by atoms with Crippen molar-refractivity contribution < 1.29 is 18.3 Å². The zero-order chi connectivity index (χ0) is 14.1. The minimum absolute atomic E-state index is 0.0191. The van der Waals surface area contributed by atoms with Crippen LogP contribution in [0, 0.1) is 12.8 Å². The van der Waals surface area contributed by atoms with Crippen LogP contribution in [0.2, 0.25) is 0 Å². The fourth-order valence-corrected chi connectivity index (χ4v) is 3.31. The van der Waals surface area contributed by atoms with Gasteiger partial charge in [0.05, 0.1) is 6.20 Å². The molecule has 1 aromatic rings. The van der Waals surface area contributed by atoms with Crippen LogP contribution in [0.4, 0.5) is 0 Å². The number of aromatic nitrogens is 2. The van der Waals surface area contributed by atoms with E-state index in [9.17, 15) is 13.2 Å². The molecular formula is C10H17N3O4S. The average molecular weight is 275 g/mol. The van der Waals surface area contributed by atoms with Gasteiger partial charge in [0.1, 0.15) is 6.04 Å². The van der Waals surface area contributed by atoms with Crippen LogP contribution >= 0.6 is 0 Å². The Labute approximate surface area is 106 Å². The molecule has 8 heteroatoms. The van der Waals surface area contributed by atoms with Crippen LogP contribution in [-0.4, -0.2) is 35.3 Å². The van der Waals surface area contributed by atoms with Crippen LogP contribution < -0.4 is 4.72 Å². The van der Waals surface area contributed by atoms with Gasteiger partial charge in [-0.1, -0.05) is 13.8 Å². The van der Waals surface area contributed by atoms with Gasteiger partial charge in [0.2, 0.25) is 0 Å². The van der Waals surface area contributed by atoms with Gasteiger partial charge in [-0.15, -0.1) is 0 Å². The molecule has 0 fully saturated rings. The summed E-state index contributed by atoms with van der Waals surface area (Å²) in [6.45, 7) is 4.88. The molecule has 0 aromatic carbocycles. The van der Waals surface area contributed by atoms with E-state index in [-0.39, 0.29) is 10.9 Å². The SMILES string of the molecule is Cc1cnn(C)c1S(=O)(=O)N[C@H](C(=O)O)C(C)C. The summed E-state index contributed by atoms with van der Waals surface area (Å²) in [5.41, 5.74) is 0.470. The number of hydrogen-bond acceptors (Lipinski definition) is 4. The number of sulfonamides is 1. The van der Waals surface area contributed by atoms with E-state index in [4.69, 9.17) is 5.11 Å². The van der Waals surface area contributed by atoms with Gasteiger partial charge < -0.3 is 5.11 Å². The normalized spacial score (nSPS) is 13.8. The predicted octanol–water partition coefficient (Wildman–Crippen LogP) is 0.116. The van der Waals surface area contributed by atoms with Gasteiger partial charge >= 0.3 is 5.97 Å². The van der Waals surface area contributed by atoms with E-state index in [1.165, 1.54) is 17.9 Å². The first-order chi connectivity index (χ1) is 8.16. The highest BCUT2D eigenvalue weighted by Gasteiger charge is 2.30. The highest BCUT2D eigenvalue weighted by Crippen LogP contribution is 2.15. The molecule has 7 nitrogen and oxygen atoms in total. The third-order valence-corrected chi connectivity index (χ3v) is 4.18. The molecule has 1 aromatic heterocycles. The number of aryl methyl sites for hydroxylation is 2. The summed E-state index contributed by atoms with van der Waals surface area (Å²) >= 11 is 0. The zero-order valence-electron chi connectivity index (χ0n) is 10.7. The molecule has 102 valence electrons. The number of hydrogen-bond donors (Lipinski definition) is 2. The third kappa shape index (κ3) is 2.88. The summed E-state index contributed by atoms with van der Waals surface area (Å²) < 4.78 is 27.6. The summed E-state index contributed by atoms with van der Waals surface area (Å²) in [5.74, 6) is -1.56. The number of carboxylic acids is 1. The number of carboxylic acid groups (broad SMARTS) is 1. The van der Waals surface area contributed by atoms with Gasteiger partial charge in [-0.05, 0) is 12.8 Å². The minimum atomic E-state index is -3.90. The molecule has 0 saturated carbocycles. The van der Waals surface area contributed by atoms with Gasteiger partial charge in [-0.25, -0.2) is 8.42 Å². The fourth-order valence-electron chi connectivity index (χ4n) is 1.62. The van der Waals surface area contributed by atoms with Crippen molar-refractivity contribution in [3.63, 3.8) is 0 Å². The molecule has 0 bridgehead atoms. The summed E-state index contributed by atoms with van der Waals surface area (Å²) in [6.07, 6.45) is 1.42. The monoisotopic (exact) mass is 275 g/mol. The van der Waals surface area contributed by atoms with E-state index in [0.717, 1.165) is 0 Å². The van der Waals surface area contributed by atoms with Crippen LogP contribution in [0.25, 0.3) is 0 Å². The molecule has 1 rings (SSSR count). The molecule has 0 aliphatic heterocycles. The summed E-state index contributed by atoms with van der Waals surface area (Å²) in [7, 11) is -2.41. The second-order valence-electron chi connectivity index (χ2n) is 4.44. The number of carbonyl (C=O) groups is 1. The van der Waals surface area contributed by atoms with Gasteiger partial charge in [-0.3, -0.25) is 9.48 Å². The number of nitrogens with one attached hydrogen (secondary N) is 1.